The van der Waals surface area contributed by atoms with Crippen LogP contribution in [0.25, 0.3) is 11.3 Å². The Bertz CT molecular complexity index is 1210. The van der Waals surface area contributed by atoms with Crippen LogP contribution in [0.1, 0.15) is 54.4 Å². The first kappa shape index (κ1) is 20.4. The van der Waals surface area contributed by atoms with E-state index in [1.807, 2.05) is 0 Å². The maximum Gasteiger partial charge on any atom is 0.271 e. The van der Waals surface area contributed by atoms with Crippen LogP contribution in [0.15, 0.2) is 36.7 Å². The van der Waals surface area contributed by atoms with Gasteiger partial charge in [0.05, 0.1) is 23.7 Å². The van der Waals surface area contributed by atoms with E-state index >= 15 is 0 Å². The number of nitrogens with zero attached hydrogens (tertiary/aromatic N) is 4. The number of fused-ring (bicyclic) bond motifs is 5. The molecule has 0 unspecified atom stereocenters. The molecular weight excluding hydrogens is 416 g/mol. The first-order valence-electron chi connectivity index (χ1n) is 10.3. The Morgan fingerprint density at radius 3 is 2.56 bits per heavy atom. The van der Waals surface area contributed by atoms with Crippen LogP contribution < -0.4 is 10.1 Å². The molecule has 7 nitrogen and oxygen atoms in total. The van der Waals surface area contributed by atoms with Crippen molar-refractivity contribution in [2.45, 2.75) is 38.2 Å². The van der Waals surface area contributed by atoms with E-state index in [0.29, 0.717) is 12.1 Å². The number of benzene rings is 1. The number of hydrogen-bond donors (Lipinski definition) is 1. The van der Waals surface area contributed by atoms with Crippen LogP contribution in [0, 0.1) is 17.0 Å². The zero-order valence-electron chi connectivity index (χ0n) is 17.8. The predicted octanol–water partition coefficient (Wildman–Crippen LogP) is 3.76. The van der Waals surface area contributed by atoms with Gasteiger partial charge in [0, 0.05) is 12.5 Å². The largest absolute Gasteiger partial charge is 0.463 e. The minimum Gasteiger partial charge on any atom is -0.463 e. The van der Waals surface area contributed by atoms with Crippen molar-refractivity contribution in [2.75, 3.05) is 7.05 Å². The van der Waals surface area contributed by atoms with Crippen molar-refractivity contribution in [2.24, 2.45) is 5.41 Å². The van der Waals surface area contributed by atoms with Gasteiger partial charge in [-0.1, -0.05) is 19.9 Å². The van der Waals surface area contributed by atoms with Crippen LogP contribution in [0.2, 0.25) is 0 Å². The number of carbonyl (C=O) groups excluding carboxylic acids is 1. The van der Waals surface area contributed by atoms with Crippen LogP contribution in [0.5, 0.6) is 5.88 Å². The Morgan fingerprint density at radius 1 is 1.16 bits per heavy atom. The van der Waals surface area contributed by atoms with Gasteiger partial charge >= 0.3 is 0 Å². The van der Waals surface area contributed by atoms with E-state index < -0.39 is 17.2 Å². The van der Waals surface area contributed by atoms with Crippen molar-refractivity contribution in [1.82, 2.24) is 25.5 Å². The number of amides is 1. The molecule has 0 radical (unpaired) electrons. The molecule has 1 N–H and O–H groups in total. The minimum atomic E-state index is -0.810. The molecule has 0 spiro atoms. The fourth-order valence-corrected chi connectivity index (χ4v) is 5.15. The molecule has 0 aliphatic heterocycles. The highest BCUT2D eigenvalue weighted by Crippen LogP contribution is 2.67. The van der Waals surface area contributed by atoms with Gasteiger partial charge in [-0.3, -0.25) is 4.79 Å². The van der Waals surface area contributed by atoms with Crippen molar-refractivity contribution >= 4 is 5.91 Å². The molecule has 1 aromatic carbocycles. The third-order valence-corrected chi connectivity index (χ3v) is 6.86. The normalized spacial score (nSPS) is 22.5. The summed E-state index contributed by atoms with van der Waals surface area (Å²) < 4.78 is 35.1. The van der Waals surface area contributed by atoms with Crippen LogP contribution in [-0.2, 0) is 5.60 Å². The van der Waals surface area contributed by atoms with Crippen LogP contribution in [0.4, 0.5) is 8.78 Å². The summed E-state index contributed by atoms with van der Waals surface area (Å²) in [5.41, 5.74) is 0.513. The van der Waals surface area contributed by atoms with Gasteiger partial charge < -0.3 is 10.1 Å². The summed E-state index contributed by atoms with van der Waals surface area (Å²) in [5, 5.41) is 11.1. The van der Waals surface area contributed by atoms with Crippen molar-refractivity contribution in [3.05, 3.63) is 65.2 Å². The van der Waals surface area contributed by atoms with E-state index in [0.717, 1.165) is 12.0 Å². The molecule has 9 heteroatoms. The Kier molecular flexibility index (Phi) is 4.47. The SMILES string of the molecule is CNC(=O)c1cnc(O[C@@]23CC[C@@H](c4cc(-c5c(F)cccc5F)nnc42)C3(C)C)cn1. The van der Waals surface area contributed by atoms with Crippen LogP contribution >= 0.6 is 0 Å². The smallest absolute Gasteiger partial charge is 0.271 e. The molecule has 1 saturated carbocycles. The summed E-state index contributed by atoms with van der Waals surface area (Å²) in [5.74, 6) is -1.35. The summed E-state index contributed by atoms with van der Waals surface area (Å²) in [7, 11) is 1.52. The second-order valence-corrected chi connectivity index (χ2v) is 8.69. The third-order valence-electron chi connectivity index (χ3n) is 6.86. The van der Waals surface area contributed by atoms with Gasteiger partial charge in [0.25, 0.3) is 5.91 Å². The fourth-order valence-electron chi connectivity index (χ4n) is 5.15. The molecule has 3 aromatic rings. The van der Waals surface area contributed by atoms with Crippen molar-refractivity contribution in [1.29, 1.82) is 0 Å². The van der Waals surface area contributed by atoms with E-state index in [2.05, 4.69) is 39.3 Å². The molecule has 2 aliphatic rings. The summed E-state index contributed by atoms with van der Waals surface area (Å²) >= 11 is 0. The molecule has 32 heavy (non-hydrogen) atoms. The monoisotopic (exact) mass is 437 g/mol. The molecule has 1 amide bonds. The van der Waals surface area contributed by atoms with Gasteiger partial charge in [-0.05, 0) is 42.5 Å². The molecule has 2 aromatic heterocycles. The number of rotatable bonds is 4. The lowest BCUT2D eigenvalue weighted by Gasteiger charge is -2.37. The molecule has 0 saturated heterocycles. The zero-order valence-corrected chi connectivity index (χ0v) is 17.8. The van der Waals surface area contributed by atoms with Gasteiger partial charge in [-0.25, -0.2) is 18.7 Å². The Morgan fingerprint density at radius 2 is 1.91 bits per heavy atom. The number of ether oxygens (including phenoxy) is 1. The molecule has 2 bridgehead atoms. The number of halogens is 2. The first-order chi connectivity index (χ1) is 15.3. The van der Waals surface area contributed by atoms with E-state index in [-0.39, 0.29) is 40.1 Å². The topological polar surface area (TPSA) is 89.9 Å². The van der Waals surface area contributed by atoms with Crippen molar-refractivity contribution in [3.8, 4) is 17.1 Å². The van der Waals surface area contributed by atoms with Gasteiger partial charge in [0.2, 0.25) is 5.88 Å². The van der Waals surface area contributed by atoms with E-state index in [4.69, 9.17) is 4.74 Å². The van der Waals surface area contributed by atoms with Crippen molar-refractivity contribution in [3.63, 3.8) is 0 Å². The summed E-state index contributed by atoms with van der Waals surface area (Å²) in [4.78, 5) is 20.1. The van der Waals surface area contributed by atoms with E-state index in [1.54, 1.807) is 6.07 Å². The predicted molar refractivity (Wildman–Crippen MR) is 111 cm³/mol. The second-order valence-electron chi connectivity index (χ2n) is 8.69. The Hall–Kier alpha value is -3.49. The Labute approximate surface area is 183 Å². The van der Waals surface area contributed by atoms with Crippen molar-refractivity contribution < 1.29 is 18.3 Å². The number of carbonyl (C=O) groups is 1. The Balaban J connectivity index is 1.56. The van der Waals surface area contributed by atoms with Crippen LogP contribution in [-0.4, -0.2) is 33.1 Å². The van der Waals surface area contributed by atoms with Gasteiger partial charge in [0.15, 0.2) is 5.60 Å². The molecule has 2 atom stereocenters. The highest BCUT2D eigenvalue weighted by atomic mass is 19.1. The lowest BCUT2D eigenvalue weighted by atomic mass is 9.77. The molecule has 1 fully saturated rings. The van der Waals surface area contributed by atoms with E-state index in [1.165, 1.54) is 37.6 Å². The minimum absolute atomic E-state index is 0.0830. The summed E-state index contributed by atoms with van der Waals surface area (Å²) in [6.07, 6.45) is 4.29. The maximum absolute atomic E-state index is 14.3. The molecule has 164 valence electrons. The number of hydrogen-bond acceptors (Lipinski definition) is 6. The number of nitrogens with one attached hydrogen (secondary N) is 1. The quantitative estimate of drug-likeness (QED) is 0.669. The summed E-state index contributed by atoms with van der Waals surface area (Å²) in [6.45, 7) is 4.17. The molecular formula is C23H21F2N5O2. The first-order valence-corrected chi connectivity index (χ1v) is 10.3. The molecule has 2 aliphatic carbocycles. The van der Waals surface area contributed by atoms with Gasteiger partial charge in [-0.15, -0.1) is 5.10 Å². The molecule has 2 heterocycles. The highest BCUT2D eigenvalue weighted by molar-refractivity contribution is 5.91. The third kappa shape index (κ3) is 2.73. The maximum atomic E-state index is 14.3. The zero-order chi connectivity index (χ0) is 22.7. The second kappa shape index (κ2) is 7.01. The summed E-state index contributed by atoms with van der Waals surface area (Å²) in [6, 6.07) is 5.45. The van der Waals surface area contributed by atoms with Crippen LogP contribution in [0.3, 0.4) is 0 Å². The lowest BCUT2D eigenvalue weighted by molar-refractivity contribution is -0.0231. The average molecular weight is 437 g/mol. The van der Waals surface area contributed by atoms with Gasteiger partial charge in [0.1, 0.15) is 23.0 Å². The molecule has 5 rings (SSSR count). The fraction of sp³-hybridized carbons (Fsp3) is 0.348. The average Bonchev–Trinajstić information content (AvgIpc) is 3.13. The lowest BCUT2D eigenvalue weighted by Crippen LogP contribution is -2.41. The standard InChI is InChI=1S/C23H21F2N5O2/c1-22(2)13-7-8-23(22,32-18-11-27-17(10-28-18)21(31)26-3)20-12(13)9-16(29-30-20)19-14(24)5-4-6-15(19)25/h4-6,9-11,13H,7-8H2,1-3H3,(H,26,31)/t13-,23-/m0/s1. The van der Waals surface area contributed by atoms with Gasteiger partial charge in [-0.2, -0.15) is 5.10 Å². The van der Waals surface area contributed by atoms with E-state index in [9.17, 15) is 13.6 Å². The highest BCUT2D eigenvalue weighted by Gasteiger charge is 2.66. The number of aromatic nitrogens is 4.